The van der Waals surface area contributed by atoms with E-state index in [9.17, 15) is 0 Å². The Kier molecular flexibility index (Phi) is 19.3. The maximum atomic E-state index is 3.63. The van der Waals surface area contributed by atoms with Gasteiger partial charge in [0.2, 0.25) is 0 Å². The molecule has 0 rings (SSSR count). The standard InChI is InChI=1S/C7H14.C3H6/c1-3-5-7-6-4-2;1-3-2/h3H,1,4-7H2,2H3;3H,1H2,2H3. The molecule has 0 radical (unpaired) electrons. The van der Waals surface area contributed by atoms with Gasteiger partial charge >= 0.3 is 0 Å². The highest BCUT2D eigenvalue weighted by atomic mass is 13.8. The molecule has 0 aliphatic heterocycles. The van der Waals surface area contributed by atoms with Gasteiger partial charge in [-0.15, -0.1) is 13.2 Å². The first-order chi connectivity index (χ1) is 4.83. The molecule has 0 amide bonds. The summed E-state index contributed by atoms with van der Waals surface area (Å²) in [5.74, 6) is 0. The van der Waals surface area contributed by atoms with Gasteiger partial charge in [0.25, 0.3) is 0 Å². The summed E-state index contributed by atoms with van der Waals surface area (Å²) in [6.07, 6.45) is 8.91. The summed E-state index contributed by atoms with van der Waals surface area (Å²) in [4.78, 5) is 0. The van der Waals surface area contributed by atoms with Crippen LogP contribution in [0.25, 0.3) is 0 Å². The van der Waals surface area contributed by atoms with Crippen molar-refractivity contribution < 1.29 is 0 Å². The van der Waals surface area contributed by atoms with E-state index in [4.69, 9.17) is 0 Å². The first-order valence-corrected chi connectivity index (χ1v) is 4.01. The Morgan fingerprint density at radius 3 is 2.00 bits per heavy atom. The van der Waals surface area contributed by atoms with Crippen molar-refractivity contribution in [3.63, 3.8) is 0 Å². The van der Waals surface area contributed by atoms with Gasteiger partial charge in [0.05, 0.1) is 0 Å². The van der Waals surface area contributed by atoms with E-state index in [1.54, 1.807) is 6.08 Å². The molecule has 0 fully saturated rings. The van der Waals surface area contributed by atoms with Crippen molar-refractivity contribution in [1.82, 2.24) is 0 Å². The van der Waals surface area contributed by atoms with Crippen LogP contribution in [-0.2, 0) is 0 Å². The first-order valence-electron chi connectivity index (χ1n) is 4.01. The lowest BCUT2D eigenvalue weighted by Crippen LogP contribution is -1.67. The highest BCUT2D eigenvalue weighted by Crippen LogP contribution is 1.97. The minimum Gasteiger partial charge on any atom is -0.103 e. The Morgan fingerprint density at radius 2 is 1.70 bits per heavy atom. The molecule has 0 saturated heterocycles. The molecule has 0 unspecified atom stereocenters. The van der Waals surface area contributed by atoms with Gasteiger partial charge in [0, 0.05) is 0 Å². The fourth-order valence-electron chi connectivity index (χ4n) is 0.539. The molecule has 0 heterocycles. The number of hydrogen-bond acceptors (Lipinski definition) is 0. The van der Waals surface area contributed by atoms with Gasteiger partial charge in [-0.3, -0.25) is 0 Å². The van der Waals surface area contributed by atoms with E-state index in [2.05, 4.69) is 20.1 Å². The summed E-state index contributed by atoms with van der Waals surface area (Å²) in [5.41, 5.74) is 0. The molecule has 0 saturated carbocycles. The number of allylic oxidation sites excluding steroid dienone is 2. The monoisotopic (exact) mass is 140 g/mol. The Morgan fingerprint density at radius 1 is 1.20 bits per heavy atom. The van der Waals surface area contributed by atoms with Gasteiger partial charge in [-0.1, -0.05) is 31.9 Å². The number of unbranched alkanes of at least 4 members (excludes halogenated alkanes) is 3. The van der Waals surface area contributed by atoms with Crippen LogP contribution < -0.4 is 0 Å². The molecule has 10 heavy (non-hydrogen) atoms. The maximum absolute atomic E-state index is 3.63. The largest absolute Gasteiger partial charge is 0.103 e. The highest BCUT2D eigenvalue weighted by molar-refractivity contribution is 4.64. The van der Waals surface area contributed by atoms with Crippen molar-refractivity contribution in [2.24, 2.45) is 0 Å². The smallest absolute Gasteiger partial charge is 0.0353 e. The van der Waals surface area contributed by atoms with Crippen molar-refractivity contribution in [3.05, 3.63) is 25.3 Å². The van der Waals surface area contributed by atoms with Crippen LogP contribution in [0.3, 0.4) is 0 Å². The second kappa shape index (κ2) is 15.8. The van der Waals surface area contributed by atoms with E-state index < -0.39 is 0 Å². The predicted molar refractivity (Wildman–Crippen MR) is 50.2 cm³/mol. The summed E-state index contributed by atoms with van der Waals surface area (Å²) >= 11 is 0. The van der Waals surface area contributed by atoms with Gasteiger partial charge in [-0.2, -0.15) is 0 Å². The van der Waals surface area contributed by atoms with E-state index in [0.29, 0.717) is 0 Å². The molecule has 60 valence electrons. The first kappa shape index (κ1) is 12.2. The molecular weight excluding hydrogens is 120 g/mol. The van der Waals surface area contributed by atoms with Crippen LogP contribution >= 0.6 is 0 Å². The average Bonchev–Trinajstić information content (AvgIpc) is 1.91. The molecule has 0 nitrogen and oxygen atoms in total. The SMILES string of the molecule is C=CC.C=CCCCCC. The maximum Gasteiger partial charge on any atom is -0.0353 e. The van der Waals surface area contributed by atoms with Gasteiger partial charge in [-0.25, -0.2) is 0 Å². The van der Waals surface area contributed by atoms with Crippen molar-refractivity contribution in [3.8, 4) is 0 Å². The van der Waals surface area contributed by atoms with Crippen LogP contribution in [0, 0.1) is 0 Å². The predicted octanol–water partition coefficient (Wildman–Crippen LogP) is 3.95. The Balaban J connectivity index is 0. The van der Waals surface area contributed by atoms with Gasteiger partial charge in [0.1, 0.15) is 0 Å². The lowest BCUT2D eigenvalue weighted by molar-refractivity contribution is 0.730. The molecule has 0 spiro atoms. The minimum absolute atomic E-state index is 1.19. The second-order valence-electron chi connectivity index (χ2n) is 2.19. The lowest BCUT2D eigenvalue weighted by Gasteiger charge is -1.87. The van der Waals surface area contributed by atoms with E-state index >= 15 is 0 Å². The van der Waals surface area contributed by atoms with Crippen LogP contribution in [0.4, 0.5) is 0 Å². The van der Waals surface area contributed by atoms with Gasteiger partial charge in [0.15, 0.2) is 0 Å². The quantitative estimate of drug-likeness (QED) is 0.410. The summed E-state index contributed by atoms with van der Waals surface area (Å²) in [6, 6.07) is 0. The molecule has 0 aromatic carbocycles. The van der Waals surface area contributed by atoms with Crippen molar-refractivity contribution in [2.75, 3.05) is 0 Å². The van der Waals surface area contributed by atoms with Gasteiger partial charge < -0.3 is 0 Å². The Bertz CT molecular complexity index is 62.4. The molecule has 0 aliphatic carbocycles. The zero-order valence-electron chi connectivity index (χ0n) is 7.40. The topological polar surface area (TPSA) is 0 Å². The van der Waals surface area contributed by atoms with Crippen LogP contribution in [0.2, 0.25) is 0 Å². The molecule has 0 atom stereocenters. The normalized spacial score (nSPS) is 7.40. The molecule has 0 aromatic heterocycles. The molecular formula is C10H20. The fourth-order valence-corrected chi connectivity index (χ4v) is 0.539. The van der Waals surface area contributed by atoms with Crippen molar-refractivity contribution in [1.29, 1.82) is 0 Å². The van der Waals surface area contributed by atoms with Crippen LogP contribution in [0.15, 0.2) is 25.3 Å². The molecule has 0 N–H and O–H groups in total. The van der Waals surface area contributed by atoms with E-state index in [0.717, 1.165) is 0 Å². The van der Waals surface area contributed by atoms with Gasteiger partial charge in [-0.05, 0) is 19.8 Å². The third-order valence-corrected chi connectivity index (χ3v) is 1.01. The van der Waals surface area contributed by atoms with Crippen LogP contribution in [0.5, 0.6) is 0 Å². The summed E-state index contributed by atoms with van der Waals surface area (Å²) in [6.45, 7) is 11.1. The third-order valence-electron chi connectivity index (χ3n) is 1.01. The van der Waals surface area contributed by atoms with Crippen molar-refractivity contribution in [2.45, 2.75) is 39.5 Å². The zero-order chi connectivity index (χ0) is 8.24. The van der Waals surface area contributed by atoms with Crippen LogP contribution in [0.1, 0.15) is 39.5 Å². The summed E-state index contributed by atoms with van der Waals surface area (Å²) in [5, 5.41) is 0. The van der Waals surface area contributed by atoms with Crippen molar-refractivity contribution >= 4 is 0 Å². The molecule has 0 aromatic rings. The molecule has 0 bridgehead atoms. The summed E-state index contributed by atoms with van der Waals surface area (Å²) in [7, 11) is 0. The van der Waals surface area contributed by atoms with E-state index in [1.165, 1.54) is 25.7 Å². The van der Waals surface area contributed by atoms with E-state index in [1.807, 2.05) is 13.0 Å². The highest BCUT2D eigenvalue weighted by Gasteiger charge is 1.77. The number of rotatable bonds is 4. The zero-order valence-corrected chi connectivity index (χ0v) is 7.40. The Labute approximate surface area is 65.7 Å². The number of hydrogen-bond donors (Lipinski definition) is 0. The molecule has 0 heteroatoms. The summed E-state index contributed by atoms with van der Waals surface area (Å²) < 4.78 is 0. The lowest BCUT2D eigenvalue weighted by atomic mass is 10.2. The van der Waals surface area contributed by atoms with E-state index in [-0.39, 0.29) is 0 Å². The fraction of sp³-hybridized carbons (Fsp3) is 0.600. The Hall–Kier alpha value is -0.520. The minimum atomic E-state index is 1.19. The molecule has 0 aliphatic rings. The second-order valence-corrected chi connectivity index (χ2v) is 2.19. The van der Waals surface area contributed by atoms with Crippen LogP contribution in [-0.4, -0.2) is 0 Å². The third kappa shape index (κ3) is 25.9. The average molecular weight is 140 g/mol.